The minimum atomic E-state index is -3.84. The van der Waals surface area contributed by atoms with Gasteiger partial charge in [-0.25, -0.2) is 18.2 Å². The van der Waals surface area contributed by atoms with Crippen LogP contribution in [-0.4, -0.2) is 40.8 Å². The van der Waals surface area contributed by atoms with Crippen molar-refractivity contribution in [1.29, 1.82) is 0 Å². The molecule has 9 heteroatoms. The molecule has 0 spiro atoms. The second-order valence-electron chi connectivity index (χ2n) is 4.13. The van der Waals surface area contributed by atoms with Gasteiger partial charge in [0.1, 0.15) is 16.5 Å². The first kappa shape index (κ1) is 14.3. The lowest BCUT2D eigenvalue weighted by Crippen LogP contribution is -2.27. The van der Waals surface area contributed by atoms with Crippen LogP contribution in [0.15, 0.2) is 27.8 Å². The number of rotatable bonds is 5. The van der Waals surface area contributed by atoms with E-state index in [1.165, 1.54) is 20.2 Å². The number of hydrogen-bond acceptors (Lipinski definition) is 5. The van der Waals surface area contributed by atoms with E-state index in [1.807, 2.05) is 0 Å². The van der Waals surface area contributed by atoms with Crippen molar-refractivity contribution < 1.29 is 22.7 Å². The lowest BCUT2D eigenvalue weighted by molar-refractivity contribution is 0.0661. The summed E-state index contributed by atoms with van der Waals surface area (Å²) in [5, 5.41) is 8.82. The zero-order valence-electron chi connectivity index (χ0n) is 10.8. The fraction of sp³-hybridized carbons (Fsp3) is 0.273. The first-order valence-electron chi connectivity index (χ1n) is 5.60. The van der Waals surface area contributed by atoms with E-state index in [0.717, 1.165) is 10.4 Å². The van der Waals surface area contributed by atoms with Crippen LogP contribution in [0.5, 0.6) is 0 Å². The molecule has 2 heterocycles. The Bertz CT molecular complexity index is 717. The summed E-state index contributed by atoms with van der Waals surface area (Å²) in [4.78, 5) is 17.4. The zero-order chi connectivity index (χ0) is 14.9. The molecule has 0 aliphatic carbocycles. The number of H-pyrrole nitrogens is 1. The Morgan fingerprint density at radius 1 is 1.55 bits per heavy atom. The van der Waals surface area contributed by atoms with Gasteiger partial charge in [-0.2, -0.15) is 4.31 Å². The van der Waals surface area contributed by atoms with E-state index in [9.17, 15) is 13.2 Å². The summed E-state index contributed by atoms with van der Waals surface area (Å²) >= 11 is 0. The highest BCUT2D eigenvalue weighted by Crippen LogP contribution is 2.23. The summed E-state index contributed by atoms with van der Waals surface area (Å²) in [6.45, 7) is 1.45. The van der Waals surface area contributed by atoms with E-state index in [1.54, 1.807) is 6.20 Å². The van der Waals surface area contributed by atoms with Crippen molar-refractivity contribution in [3.8, 4) is 0 Å². The molecule has 0 aliphatic heterocycles. The van der Waals surface area contributed by atoms with Crippen molar-refractivity contribution in [3.63, 3.8) is 0 Å². The molecule has 0 saturated carbocycles. The van der Waals surface area contributed by atoms with Crippen LogP contribution >= 0.6 is 0 Å². The van der Waals surface area contributed by atoms with Crippen LogP contribution in [-0.2, 0) is 16.6 Å². The molecular weight excluding hydrogens is 286 g/mol. The van der Waals surface area contributed by atoms with Crippen LogP contribution in [0.4, 0.5) is 0 Å². The van der Waals surface area contributed by atoms with Crippen molar-refractivity contribution in [2.45, 2.75) is 18.4 Å². The molecule has 0 aromatic carbocycles. The molecule has 2 rings (SSSR count). The average Bonchev–Trinajstić information content (AvgIpc) is 2.98. The van der Waals surface area contributed by atoms with Crippen LogP contribution in [0.1, 0.15) is 22.1 Å². The predicted octanol–water partition coefficient (Wildman–Crippen LogP) is 0.830. The molecule has 108 valence electrons. The third kappa shape index (κ3) is 2.58. The Labute approximate surface area is 115 Å². The Morgan fingerprint density at radius 2 is 2.25 bits per heavy atom. The fourth-order valence-electron chi connectivity index (χ4n) is 1.68. The number of carboxylic acid groups (broad SMARTS) is 1. The highest BCUT2D eigenvalue weighted by atomic mass is 32.2. The molecule has 20 heavy (non-hydrogen) atoms. The normalized spacial score (nSPS) is 11.9. The maximum Gasteiger partial charge on any atom is 0.371 e. The Morgan fingerprint density at radius 3 is 2.75 bits per heavy atom. The number of carbonyl (C=O) groups is 1. The van der Waals surface area contributed by atoms with Gasteiger partial charge in [0.05, 0.1) is 6.54 Å². The van der Waals surface area contributed by atoms with Crippen LogP contribution in [0.2, 0.25) is 0 Å². The maximum absolute atomic E-state index is 12.3. The number of aromatic amines is 1. The number of hydrogen-bond donors (Lipinski definition) is 2. The summed E-state index contributed by atoms with van der Waals surface area (Å²) in [6.07, 6.45) is 3.10. The number of aromatic nitrogens is 2. The molecule has 0 fully saturated rings. The molecular formula is C11H13N3O5S. The summed E-state index contributed by atoms with van der Waals surface area (Å²) in [5.74, 6) is -1.21. The quantitative estimate of drug-likeness (QED) is 0.844. The SMILES string of the molecule is Cc1oc(C(=O)O)cc1S(=O)(=O)N(C)Cc1ncc[nH]1. The van der Waals surface area contributed by atoms with Crippen molar-refractivity contribution in [2.75, 3.05) is 7.05 Å². The molecule has 0 unspecified atom stereocenters. The topological polar surface area (TPSA) is 116 Å². The number of aromatic carboxylic acids is 1. The summed E-state index contributed by atoms with van der Waals surface area (Å²) in [6, 6.07) is 1.01. The second-order valence-corrected chi connectivity index (χ2v) is 6.15. The van der Waals surface area contributed by atoms with Gasteiger partial charge in [0.25, 0.3) is 0 Å². The molecule has 2 aromatic rings. The summed E-state index contributed by atoms with van der Waals surface area (Å²) in [5.41, 5.74) is 0. The Hall–Kier alpha value is -2.13. The summed E-state index contributed by atoms with van der Waals surface area (Å²) < 4.78 is 30.7. The van der Waals surface area contributed by atoms with Gasteiger partial charge in [0.2, 0.25) is 15.8 Å². The smallest absolute Gasteiger partial charge is 0.371 e. The zero-order valence-corrected chi connectivity index (χ0v) is 11.6. The fourth-order valence-corrected chi connectivity index (χ4v) is 2.96. The van der Waals surface area contributed by atoms with Crippen LogP contribution < -0.4 is 0 Å². The first-order valence-corrected chi connectivity index (χ1v) is 7.04. The van der Waals surface area contributed by atoms with Crippen LogP contribution in [0.3, 0.4) is 0 Å². The molecule has 8 nitrogen and oxygen atoms in total. The standard InChI is InChI=1S/C11H13N3O5S/c1-7-9(5-8(19-7)11(15)16)20(17,18)14(2)6-10-12-3-4-13-10/h3-5H,6H2,1-2H3,(H,12,13)(H,15,16). The molecule has 0 aliphatic rings. The van der Waals surface area contributed by atoms with E-state index < -0.39 is 21.8 Å². The maximum atomic E-state index is 12.3. The van der Waals surface area contributed by atoms with Gasteiger partial charge in [0, 0.05) is 25.5 Å². The van der Waals surface area contributed by atoms with E-state index >= 15 is 0 Å². The molecule has 2 N–H and O–H groups in total. The first-order chi connectivity index (χ1) is 9.32. The molecule has 0 atom stereocenters. The van der Waals surface area contributed by atoms with Gasteiger partial charge in [-0.05, 0) is 6.92 Å². The third-order valence-electron chi connectivity index (χ3n) is 2.70. The largest absolute Gasteiger partial charge is 0.475 e. The minimum absolute atomic E-state index is 0.0358. The number of nitrogens with one attached hydrogen (secondary N) is 1. The third-order valence-corrected chi connectivity index (χ3v) is 4.61. The molecule has 2 aromatic heterocycles. The van der Waals surface area contributed by atoms with Crippen molar-refractivity contribution in [3.05, 3.63) is 35.8 Å². The minimum Gasteiger partial charge on any atom is -0.475 e. The molecule has 0 radical (unpaired) electrons. The van der Waals surface area contributed by atoms with Gasteiger partial charge in [0.15, 0.2) is 0 Å². The lowest BCUT2D eigenvalue weighted by atomic mass is 10.4. The number of aryl methyl sites for hydroxylation is 1. The van der Waals surface area contributed by atoms with E-state index in [-0.39, 0.29) is 17.2 Å². The van der Waals surface area contributed by atoms with Gasteiger partial charge in [-0.15, -0.1) is 0 Å². The number of imidazole rings is 1. The van der Waals surface area contributed by atoms with Crippen molar-refractivity contribution >= 4 is 16.0 Å². The molecule has 0 amide bonds. The van der Waals surface area contributed by atoms with Gasteiger partial charge < -0.3 is 14.5 Å². The highest BCUT2D eigenvalue weighted by Gasteiger charge is 2.28. The van der Waals surface area contributed by atoms with E-state index in [0.29, 0.717) is 5.82 Å². The number of furan rings is 1. The van der Waals surface area contributed by atoms with Gasteiger partial charge >= 0.3 is 5.97 Å². The Kier molecular flexibility index (Phi) is 3.64. The lowest BCUT2D eigenvalue weighted by Gasteiger charge is -2.14. The predicted molar refractivity (Wildman–Crippen MR) is 67.6 cm³/mol. The Balaban J connectivity index is 2.32. The number of carboxylic acids is 1. The van der Waals surface area contributed by atoms with Gasteiger partial charge in [-0.1, -0.05) is 0 Å². The van der Waals surface area contributed by atoms with Crippen LogP contribution in [0, 0.1) is 6.92 Å². The number of sulfonamides is 1. The van der Waals surface area contributed by atoms with Crippen molar-refractivity contribution in [2.24, 2.45) is 0 Å². The highest BCUT2D eigenvalue weighted by molar-refractivity contribution is 7.89. The van der Waals surface area contributed by atoms with Gasteiger partial charge in [-0.3, -0.25) is 0 Å². The van der Waals surface area contributed by atoms with Crippen LogP contribution in [0.25, 0.3) is 0 Å². The average molecular weight is 299 g/mol. The monoisotopic (exact) mass is 299 g/mol. The van der Waals surface area contributed by atoms with Crippen molar-refractivity contribution in [1.82, 2.24) is 14.3 Å². The molecule has 0 saturated heterocycles. The van der Waals surface area contributed by atoms with E-state index in [2.05, 4.69) is 9.97 Å². The van der Waals surface area contributed by atoms with E-state index in [4.69, 9.17) is 9.52 Å². The molecule has 0 bridgehead atoms. The summed E-state index contributed by atoms with van der Waals surface area (Å²) in [7, 11) is -2.46. The number of nitrogens with zero attached hydrogens (tertiary/aromatic N) is 2. The second kappa shape index (κ2) is 5.10.